The number of rotatable bonds is 0. The Morgan fingerprint density at radius 1 is 1.25 bits per heavy atom. The molecule has 0 saturated carbocycles. The first-order valence-electron chi connectivity index (χ1n) is 0.289. The van der Waals surface area contributed by atoms with Crippen molar-refractivity contribution in [3.63, 3.8) is 0 Å². The van der Waals surface area contributed by atoms with E-state index >= 15 is 0 Å². The van der Waals surface area contributed by atoms with Crippen molar-refractivity contribution >= 4 is 0 Å². The Morgan fingerprint density at radius 3 is 1.25 bits per heavy atom. The second-order valence-corrected chi connectivity index (χ2v) is 0. The van der Waals surface area contributed by atoms with Crippen molar-refractivity contribution in [1.29, 1.82) is 0 Å². The Morgan fingerprint density at radius 2 is 1.25 bits per heavy atom. The summed E-state index contributed by atoms with van der Waals surface area (Å²) >= 11 is 0.125. The van der Waals surface area contributed by atoms with Gasteiger partial charge >= 0.3 is 21.8 Å². The van der Waals surface area contributed by atoms with Gasteiger partial charge in [-0.25, -0.2) is 0 Å². The van der Waals surface area contributed by atoms with Crippen LogP contribution < -0.4 is 0 Å². The summed E-state index contributed by atoms with van der Waals surface area (Å²) in [5.74, 6) is 0. The van der Waals surface area contributed by atoms with Crippen LogP contribution in [0.15, 0.2) is 0 Å². The smallest absolute Gasteiger partial charge is 0 e. The predicted molar refractivity (Wildman–Crippen MR) is 4.30 cm³/mol. The van der Waals surface area contributed by atoms with E-state index in [0.717, 1.165) is 0 Å². The van der Waals surface area contributed by atoms with E-state index in [1.54, 1.807) is 0 Å². The molecule has 0 saturated heterocycles. The molecule has 0 spiro atoms. The van der Waals surface area contributed by atoms with Gasteiger partial charge in [-0.1, -0.05) is 0 Å². The molecule has 4 heavy (non-hydrogen) atoms. The van der Waals surface area contributed by atoms with Gasteiger partial charge in [0.15, 0.2) is 0 Å². The van der Waals surface area contributed by atoms with Crippen molar-refractivity contribution in [3.05, 3.63) is 0 Å². The van der Waals surface area contributed by atoms with E-state index in [0.29, 0.717) is 0 Å². The first kappa shape index (κ1) is 20.0. The first-order chi connectivity index (χ1) is 1.00. The molecule has 0 fully saturated rings. The van der Waals surface area contributed by atoms with Crippen LogP contribution in [0.3, 0.4) is 0 Å². The molecular weight excluding hydrogens is 163 g/mol. The van der Waals surface area contributed by atoms with E-state index in [9.17, 15) is 0 Å². The minimum Gasteiger partial charge on any atom is 0 e. The van der Waals surface area contributed by atoms with Crippen LogP contribution in [0.5, 0.6) is 0 Å². The summed E-state index contributed by atoms with van der Waals surface area (Å²) in [4.78, 5) is 0. The predicted octanol–water partition coefficient (Wildman–Crippen LogP) is -0.949. The summed E-state index contributed by atoms with van der Waals surface area (Å²) in [5, 5.41) is 0. The van der Waals surface area contributed by atoms with Gasteiger partial charge in [0.2, 0.25) is 0 Å². The third-order valence-corrected chi connectivity index (χ3v) is 0. The van der Waals surface area contributed by atoms with Gasteiger partial charge in [0, 0.05) is 19.5 Å². The van der Waals surface area contributed by atoms with Crippen molar-refractivity contribution in [2.75, 3.05) is 0 Å². The first-order valence-corrected chi connectivity index (χ1v) is 1.50. The Hall–Kier alpha value is 1.01. The van der Waals surface area contributed by atoms with Crippen LogP contribution in [-0.2, 0) is 41.3 Å². The number of hydrogen-bond acceptors (Lipinski definition) is 1. The van der Waals surface area contributed by atoms with E-state index in [2.05, 4.69) is 0 Å². The van der Waals surface area contributed by atoms with Crippen molar-refractivity contribution in [2.24, 2.45) is 0 Å². The normalized spacial score (nSPS) is 1.50. The molecule has 0 amide bonds. The molecule has 0 heterocycles. The molecule has 2 nitrogen and oxygen atoms in total. The third-order valence-electron chi connectivity index (χ3n) is 0. The van der Waals surface area contributed by atoms with Gasteiger partial charge in [-0.05, 0) is 0 Å². The molecule has 0 rings (SSSR count). The maximum Gasteiger partial charge on any atom is 0 e. The summed E-state index contributed by atoms with van der Waals surface area (Å²) in [6.45, 7) is 0. The maximum absolute atomic E-state index is 8.38. The summed E-state index contributed by atoms with van der Waals surface area (Å²) < 4.78 is 8.38. The average Bonchev–Trinajstić information content (AvgIpc) is 1.00. The molecule has 2 N–H and O–H groups in total. The summed E-state index contributed by atoms with van der Waals surface area (Å²) in [7, 11) is 0. The van der Waals surface area contributed by atoms with Crippen LogP contribution in [0.1, 0.15) is 0 Å². The van der Waals surface area contributed by atoms with Gasteiger partial charge in [-0.15, -0.1) is 0 Å². The summed E-state index contributed by atoms with van der Waals surface area (Å²) in [6, 6.07) is 0. The Kier molecular flexibility index (Phi) is 178. The quantitative estimate of drug-likeness (QED) is 0.426. The third kappa shape index (κ3) is 11.9. The molecular formula is H2O2Zn2. The molecule has 0 aliphatic heterocycles. The van der Waals surface area contributed by atoms with Gasteiger partial charge in [0.25, 0.3) is 0 Å². The van der Waals surface area contributed by atoms with Gasteiger partial charge in [0.05, 0.1) is 0 Å². The molecule has 18 valence electrons. The van der Waals surface area contributed by atoms with Crippen LogP contribution in [0, 0.1) is 0 Å². The van der Waals surface area contributed by atoms with Gasteiger partial charge < -0.3 is 5.48 Å². The van der Waals surface area contributed by atoms with Crippen molar-refractivity contribution in [2.45, 2.75) is 0 Å². The largest absolute Gasteiger partial charge is 0 e. The fourth-order valence-corrected chi connectivity index (χ4v) is 0. The van der Waals surface area contributed by atoms with Gasteiger partial charge in [0.1, 0.15) is 0 Å². The van der Waals surface area contributed by atoms with E-state index < -0.39 is 0 Å². The zero-order valence-corrected chi connectivity index (χ0v) is 8.26. The SMILES string of the molecule is O.[O]=[Zn].[Zn]. The van der Waals surface area contributed by atoms with Gasteiger partial charge in [-0.2, -0.15) is 0 Å². The van der Waals surface area contributed by atoms with Crippen molar-refractivity contribution in [3.8, 4) is 0 Å². The van der Waals surface area contributed by atoms with E-state index in [4.69, 9.17) is 3.57 Å². The van der Waals surface area contributed by atoms with Crippen LogP contribution in [0.2, 0.25) is 0 Å². The van der Waals surface area contributed by atoms with E-state index in [1.807, 2.05) is 0 Å². The zero-order chi connectivity index (χ0) is 2.00. The van der Waals surface area contributed by atoms with Gasteiger partial charge in [-0.3, -0.25) is 0 Å². The van der Waals surface area contributed by atoms with Crippen LogP contribution in [-0.4, -0.2) is 5.48 Å². The second kappa shape index (κ2) is 35.7. The Labute approximate surface area is 47.0 Å². The second-order valence-electron chi connectivity index (χ2n) is 0. The minimum absolute atomic E-state index is 0. The molecule has 0 aromatic carbocycles. The summed E-state index contributed by atoms with van der Waals surface area (Å²) in [5.41, 5.74) is 0. The molecule has 4 heteroatoms. The topological polar surface area (TPSA) is 48.6 Å². The molecule has 0 atom stereocenters. The van der Waals surface area contributed by atoms with Crippen molar-refractivity contribution < 1.29 is 46.8 Å². The van der Waals surface area contributed by atoms with Crippen LogP contribution in [0.25, 0.3) is 0 Å². The average molecular weight is 165 g/mol. The maximum atomic E-state index is 8.38. The molecule has 0 aromatic heterocycles. The number of hydrogen-bond donors (Lipinski definition) is 0. The fraction of sp³-hybridized carbons (Fsp3) is 0. The molecule has 0 aliphatic rings. The monoisotopic (exact) mass is 162 g/mol. The van der Waals surface area contributed by atoms with E-state index in [-0.39, 0.29) is 43.2 Å². The molecule has 0 unspecified atom stereocenters. The van der Waals surface area contributed by atoms with Crippen LogP contribution in [0.4, 0.5) is 0 Å². The Balaban J connectivity index is -0.00000000500. The molecule has 0 radical (unpaired) electrons. The zero-order valence-electron chi connectivity index (χ0n) is 2.32. The molecule has 0 aromatic rings. The summed E-state index contributed by atoms with van der Waals surface area (Å²) in [6.07, 6.45) is 0. The Bertz CT molecular complexity index is 4.00. The fourth-order valence-electron chi connectivity index (χ4n) is 0. The standard InChI is InChI=1S/H2O.O.2Zn/h1H2;;;. The molecule has 0 bridgehead atoms. The van der Waals surface area contributed by atoms with Crippen molar-refractivity contribution in [1.82, 2.24) is 0 Å². The molecule has 0 aliphatic carbocycles. The minimum atomic E-state index is 0. The van der Waals surface area contributed by atoms with E-state index in [1.165, 1.54) is 0 Å². The van der Waals surface area contributed by atoms with Crippen LogP contribution >= 0.6 is 0 Å².